The van der Waals surface area contributed by atoms with E-state index in [-0.39, 0.29) is 33.5 Å². The van der Waals surface area contributed by atoms with Crippen LogP contribution < -0.4 is 14.8 Å². The van der Waals surface area contributed by atoms with Gasteiger partial charge in [0, 0.05) is 16.1 Å². The Balaban J connectivity index is 1.60. The number of rotatable bonds is 7. The van der Waals surface area contributed by atoms with Gasteiger partial charge in [-0.15, -0.1) is 0 Å². The maximum Gasteiger partial charge on any atom is 0.337 e. The van der Waals surface area contributed by atoms with Crippen LogP contribution in [0, 0.1) is 0 Å². The fourth-order valence-electron chi connectivity index (χ4n) is 3.95. The molecule has 0 saturated heterocycles. The van der Waals surface area contributed by atoms with Crippen LogP contribution in [0.15, 0.2) is 70.0 Å². The van der Waals surface area contributed by atoms with E-state index in [0.29, 0.717) is 17.3 Å². The molecule has 8 nitrogen and oxygen atoms in total. The number of aromatic carboxylic acids is 1. The van der Waals surface area contributed by atoms with Crippen molar-refractivity contribution in [3.8, 4) is 5.75 Å². The molecule has 0 aliphatic heterocycles. The van der Waals surface area contributed by atoms with Crippen LogP contribution in [0.25, 0.3) is 0 Å². The molecular weight excluding hydrogens is 524 g/mol. The largest absolute Gasteiger partial charge is 0.495 e. The number of halogens is 1. The molecule has 1 aliphatic carbocycles. The molecule has 10 heteroatoms. The Bertz CT molecular complexity index is 1360. The highest BCUT2D eigenvalue weighted by Crippen LogP contribution is 2.29. The molecule has 1 amide bonds. The number of amides is 1. The van der Waals surface area contributed by atoms with Crippen LogP contribution in [-0.4, -0.2) is 38.6 Å². The number of fused-ring (bicyclic) bond motifs is 1. The Hall–Kier alpha value is -3.21. The Morgan fingerprint density at radius 1 is 1.03 bits per heavy atom. The normalized spacial score (nSPS) is 13.4. The van der Waals surface area contributed by atoms with Crippen LogP contribution in [0.1, 0.15) is 31.8 Å². The number of anilines is 1. The lowest BCUT2D eigenvalue weighted by Gasteiger charge is -2.16. The molecule has 0 spiro atoms. The van der Waals surface area contributed by atoms with Gasteiger partial charge in [-0.1, -0.05) is 40.2 Å². The van der Waals surface area contributed by atoms with Gasteiger partial charge in [-0.25, -0.2) is 17.9 Å². The maximum absolute atomic E-state index is 13.2. The van der Waals surface area contributed by atoms with E-state index in [1.54, 1.807) is 6.07 Å². The Morgan fingerprint density at radius 3 is 2.32 bits per heavy atom. The second kappa shape index (κ2) is 9.57. The minimum absolute atomic E-state index is 0.0372. The molecule has 0 unspecified atom stereocenters. The molecule has 3 N–H and O–H groups in total. The molecule has 34 heavy (non-hydrogen) atoms. The smallest absolute Gasteiger partial charge is 0.337 e. The summed E-state index contributed by atoms with van der Waals surface area (Å²) in [6.45, 7) is 0. The first-order valence-electron chi connectivity index (χ1n) is 10.3. The lowest BCUT2D eigenvalue weighted by molar-refractivity contribution is 0.0698. The number of benzene rings is 3. The van der Waals surface area contributed by atoms with Crippen molar-refractivity contribution in [3.63, 3.8) is 0 Å². The van der Waals surface area contributed by atoms with Crippen molar-refractivity contribution in [2.75, 3.05) is 12.4 Å². The molecule has 0 heterocycles. The topological polar surface area (TPSA) is 122 Å². The van der Waals surface area contributed by atoms with Crippen LogP contribution in [0.5, 0.6) is 5.75 Å². The van der Waals surface area contributed by atoms with Crippen LogP contribution in [0.3, 0.4) is 0 Å². The summed E-state index contributed by atoms with van der Waals surface area (Å²) in [6, 6.07) is 15.9. The van der Waals surface area contributed by atoms with Crippen LogP contribution in [0.2, 0.25) is 0 Å². The Morgan fingerprint density at radius 2 is 1.71 bits per heavy atom. The van der Waals surface area contributed by atoms with Crippen LogP contribution in [-0.2, 0) is 22.9 Å². The molecule has 1 aliphatic rings. The molecule has 0 fully saturated rings. The number of nitrogens with one attached hydrogen (secondary N) is 2. The zero-order chi connectivity index (χ0) is 24.5. The molecule has 0 aromatic heterocycles. The quantitative estimate of drug-likeness (QED) is 0.415. The molecular formula is C24H21BrN2O6S. The molecule has 0 atom stereocenters. The first-order chi connectivity index (χ1) is 16.2. The lowest BCUT2D eigenvalue weighted by atomic mass is 10.1. The van der Waals surface area contributed by atoms with Gasteiger partial charge >= 0.3 is 5.97 Å². The number of carboxylic acids is 1. The van der Waals surface area contributed by atoms with Gasteiger partial charge in [0.15, 0.2) is 0 Å². The van der Waals surface area contributed by atoms with E-state index in [4.69, 9.17) is 4.74 Å². The molecule has 0 radical (unpaired) electrons. The van der Waals surface area contributed by atoms with Crippen LogP contribution in [0.4, 0.5) is 5.69 Å². The molecule has 4 rings (SSSR count). The molecule has 0 bridgehead atoms. The van der Waals surface area contributed by atoms with Gasteiger partial charge < -0.3 is 15.2 Å². The van der Waals surface area contributed by atoms with Gasteiger partial charge in [-0.3, -0.25) is 4.79 Å². The van der Waals surface area contributed by atoms with Gasteiger partial charge in [0.05, 0.1) is 18.4 Å². The zero-order valence-electron chi connectivity index (χ0n) is 18.0. The zero-order valence-corrected chi connectivity index (χ0v) is 20.4. The Labute approximate surface area is 205 Å². The monoisotopic (exact) mass is 544 g/mol. The third-order valence-electron chi connectivity index (χ3n) is 5.55. The highest BCUT2D eigenvalue weighted by molar-refractivity contribution is 9.10. The Kier molecular flexibility index (Phi) is 6.74. The average Bonchev–Trinajstić information content (AvgIpc) is 3.21. The fraction of sp³-hybridized carbons (Fsp3) is 0.167. The van der Waals surface area contributed by atoms with Crippen molar-refractivity contribution < 1.29 is 27.9 Å². The van der Waals surface area contributed by atoms with Crippen molar-refractivity contribution in [2.24, 2.45) is 0 Å². The van der Waals surface area contributed by atoms with Crippen molar-refractivity contribution in [1.82, 2.24) is 4.72 Å². The van der Waals surface area contributed by atoms with E-state index in [2.05, 4.69) is 26.0 Å². The summed E-state index contributed by atoms with van der Waals surface area (Å²) in [5.41, 5.74) is 2.21. The first kappa shape index (κ1) is 23.9. The molecule has 3 aromatic carbocycles. The number of carbonyl (C=O) groups is 2. The lowest BCUT2D eigenvalue weighted by Crippen LogP contribution is -2.35. The van der Waals surface area contributed by atoms with E-state index >= 15 is 0 Å². The number of methoxy groups -OCH3 is 1. The number of ether oxygens (including phenoxy) is 1. The average molecular weight is 545 g/mol. The second-order valence-electron chi connectivity index (χ2n) is 7.81. The number of carbonyl (C=O) groups excluding carboxylic acids is 1. The van der Waals surface area contributed by atoms with Crippen molar-refractivity contribution in [1.29, 1.82) is 0 Å². The van der Waals surface area contributed by atoms with Crippen molar-refractivity contribution >= 4 is 43.5 Å². The summed E-state index contributed by atoms with van der Waals surface area (Å²) >= 11 is 3.20. The van der Waals surface area contributed by atoms with Gasteiger partial charge in [0.25, 0.3) is 5.91 Å². The second-order valence-corrected chi connectivity index (χ2v) is 10.4. The summed E-state index contributed by atoms with van der Waals surface area (Å²) in [6.07, 6.45) is 1.14. The van der Waals surface area contributed by atoms with E-state index in [1.807, 2.05) is 24.3 Å². The van der Waals surface area contributed by atoms with Gasteiger partial charge in [-0.05, 0) is 60.4 Å². The van der Waals surface area contributed by atoms with E-state index in [9.17, 15) is 23.1 Å². The van der Waals surface area contributed by atoms with Gasteiger partial charge in [-0.2, -0.15) is 0 Å². The molecule has 0 saturated carbocycles. The van der Waals surface area contributed by atoms with Gasteiger partial charge in [0.2, 0.25) is 10.0 Å². The first-order valence-corrected chi connectivity index (χ1v) is 12.6. The van der Waals surface area contributed by atoms with Crippen molar-refractivity contribution in [2.45, 2.75) is 23.8 Å². The van der Waals surface area contributed by atoms with E-state index < -0.39 is 21.9 Å². The number of hydrogen-bond acceptors (Lipinski definition) is 5. The minimum atomic E-state index is -4.02. The molecule has 176 valence electrons. The summed E-state index contributed by atoms with van der Waals surface area (Å²) < 4.78 is 35.0. The number of carboxylic acid groups (broad SMARTS) is 1. The maximum atomic E-state index is 13.2. The predicted octanol–water partition coefficient (Wildman–Crippen LogP) is 3.85. The third-order valence-corrected chi connectivity index (χ3v) is 7.58. The van der Waals surface area contributed by atoms with E-state index in [1.165, 1.54) is 37.4 Å². The summed E-state index contributed by atoms with van der Waals surface area (Å²) in [5, 5.41) is 12.0. The SMILES string of the molecule is COc1ccc(C(=O)Nc2ccc(Br)cc2C(=O)O)cc1S(=O)(=O)NC1Cc2ccccc2C1. The summed E-state index contributed by atoms with van der Waals surface area (Å²) in [4.78, 5) is 24.2. The number of sulfonamides is 1. The standard InChI is InChI=1S/C24H21BrN2O6S/c1-33-21-9-6-16(23(28)26-20-8-7-17(25)13-19(20)24(29)30)12-22(21)34(31,32)27-18-10-14-4-2-3-5-15(14)11-18/h2-9,12-13,18,27H,10-11H2,1H3,(H,26,28)(H,29,30). The minimum Gasteiger partial charge on any atom is -0.495 e. The highest BCUT2D eigenvalue weighted by Gasteiger charge is 2.29. The van der Waals surface area contributed by atoms with E-state index in [0.717, 1.165) is 11.1 Å². The highest BCUT2D eigenvalue weighted by atomic mass is 79.9. The van der Waals surface area contributed by atoms with Crippen LogP contribution >= 0.6 is 15.9 Å². The fourth-order valence-corrected chi connectivity index (χ4v) is 5.74. The number of hydrogen-bond donors (Lipinski definition) is 3. The van der Waals surface area contributed by atoms with Crippen molar-refractivity contribution in [3.05, 3.63) is 87.4 Å². The summed E-state index contributed by atoms with van der Waals surface area (Å²) in [7, 11) is -2.67. The molecule has 3 aromatic rings. The summed E-state index contributed by atoms with van der Waals surface area (Å²) in [5.74, 6) is -1.78. The van der Waals surface area contributed by atoms with Gasteiger partial charge in [0.1, 0.15) is 10.6 Å². The third kappa shape index (κ3) is 4.98. The predicted molar refractivity (Wildman–Crippen MR) is 130 cm³/mol.